The predicted octanol–water partition coefficient (Wildman–Crippen LogP) is 0.0848. The largest absolute Gasteiger partial charge is 0.317 e. The molecule has 1 heterocycles. The molecular formula is C9H16N2O2S. The van der Waals surface area contributed by atoms with Crippen LogP contribution in [0.3, 0.4) is 0 Å². The molecule has 14 heavy (non-hydrogen) atoms. The summed E-state index contributed by atoms with van der Waals surface area (Å²) in [5.74, 6) is 0.797. The van der Waals surface area contributed by atoms with E-state index in [9.17, 15) is 9.59 Å². The maximum atomic E-state index is 11.7. The second kappa shape index (κ2) is 4.31. The van der Waals surface area contributed by atoms with Crippen LogP contribution in [0.1, 0.15) is 13.8 Å². The average Bonchev–Trinajstić information content (AvgIpc) is 2.41. The van der Waals surface area contributed by atoms with E-state index in [0.717, 1.165) is 12.0 Å². The number of hydrogen-bond acceptors (Lipinski definition) is 4. The molecule has 0 spiro atoms. The molecule has 0 radical (unpaired) electrons. The zero-order valence-electron chi connectivity index (χ0n) is 8.74. The summed E-state index contributed by atoms with van der Waals surface area (Å²) in [5, 5.41) is 2.50. The van der Waals surface area contributed by atoms with Crippen molar-refractivity contribution in [3.63, 3.8) is 0 Å². The highest BCUT2D eigenvalue weighted by molar-refractivity contribution is 8.00. The third-order valence-electron chi connectivity index (χ3n) is 2.23. The summed E-state index contributed by atoms with van der Waals surface area (Å²) in [5.41, 5.74) is -0.218. The van der Waals surface area contributed by atoms with Crippen LogP contribution in [0, 0.1) is 0 Å². The van der Waals surface area contributed by atoms with E-state index >= 15 is 0 Å². The van der Waals surface area contributed by atoms with Gasteiger partial charge in [-0.2, -0.15) is 0 Å². The molecule has 1 aliphatic rings. The number of nitrogens with zero attached hydrogens (tertiary/aromatic N) is 1. The summed E-state index contributed by atoms with van der Waals surface area (Å²) in [6.07, 6.45) is 0.840. The van der Waals surface area contributed by atoms with Crippen LogP contribution in [0.2, 0.25) is 0 Å². The number of likely N-dealkylation sites (N-methyl/N-ethyl adjacent to an activating group) is 1. The van der Waals surface area contributed by atoms with E-state index in [-0.39, 0.29) is 23.4 Å². The van der Waals surface area contributed by atoms with Gasteiger partial charge in [0.2, 0.25) is 5.91 Å². The molecule has 1 rings (SSSR count). The Morgan fingerprint density at radius 1 is 1.71 bits per heavy atom. The number of thioether (sulfide) groups is 1. The normalized spacial score (nSPS) is 25.1. The molecule has 1 unspecified atom stereocenters. The summed E-state index contributed by atoms with van der Waals surface area (Å²) < 4.78 is 0. The fourth-order valence-electron chi connectivity index (χ4n) is 1.59. The zero-order valence-corrected chi connectivity index (χ0v) is 9.56. The molecule has 1 N–H and O–H groups in total. The molecule has 0 saturated carbocycles. The van der Waals surface area contributed by atoms with Gasteiger partial charge in [0.05, 0.1) is 6.54 Å². The maximum absolute atomic E-state index is 11.7. The molecule has 4 nitrogen and oxygen atoms in total. The third kappa shape index (κ3) is 2.09. The molecule has 0 bridgehead atoms. The van der Waals surface area contributed by atoms with E-state index < -0.39 is 0 Å². The van der Waals surface area contributed by atoms with Crippen LogP contribution in [0.25, 0.3) is 0 Å². The van der Waals surface area contributed by atoms with Crippen LogP contribution < -0.4 is 5.32 Å². The van der Waals surface area contributed by atoms with Crippen molar-refractivity contribution in [2.24, 2.45) is 0 Å². The fraction of sp³-hybridized carbons (Fsp3) is 0.778. The Labute approximate surface area is 88.4 Å². The van der Waals surface area contributed by atoms with Gasteiger partial charge in [-0.1, -0.05) is 0 Å². The third-order valence-corrected chi connectivity index (χ3v) is 3.76. The minimum absolute atomic E-state index is 0.0143. The number of nitrogens with one attached hydrogen (secondary N) is 1. The minimum atomic E-state index is -0.314. The van der Waals surface area contributed by atoms with Gasteiger partial charge >= 0.3 is 0 Å². The van der Waals surface area contributed by atoms with Crippen molar-refractivity contribution in [3.05, 3.63) is 0 Å². The fourth-order valence-corrected chi connectivity index (χ4v) is 2.94. The van der Waals surface area contributed by atoms with Crippen LogP contribution >= 0.6 is 11.8 Å². The first kappa shape index (κ1) is 11.5. The summed E-state index contributed by atoms with van der Waals surface area (Å²) in [6, 6.07) is 0. The molecule has 1 saturated heterocycles. The minimum Gasteiger partial charge on any atom is -0.317 e. The van der Waals surface area contributed by atoms with Crippen LogP contribution in [-0.4, -0.2) is 47.4 Å². The Hall–Kier alpha value is -0.550. The summed E-state index contributed by atoms with van der Waals surface area (Å²) in [7, 11) is 1.73. The van der Waals surface area contributed by atoms with E-state index in [1.807, 2.05) is 13.8 Å². The lowest BCUT2D eigenvalue weighted by molar-refractivity contribution is -0.137. The first-order chi connectivity index (χ1) is 6.53. The second-order valence-electron chi connectivity index (χ2n) is 3.94. The summed E-state index contributed by atoms with van der Waals surface area (Å²) in [6.45, 7) is 4.25. The van der Waals surface area contributed by atoms with Crippen molar-refractivity contribution < 1.29 is 9.59 Å². The zero-order chi connectivity index (χ0) is 10.8. The molecule has 1 fully saturated rings. The van der Waals surface area contributed by atoms with Gasteiger partial charge < -0.3 is 15.0 Å². The average molecular weight is 216 g/mol. The Kier molecular flexibility index (Phi) is 3.55. The lowest BCUT2D eigenvalue weighted by Gasteiger charge is -2.32. The highest BCUT2D eigenvalue weighted by Gasteiger charge is 2.42. The molecule has 0 aliphatic carbocycles. The van der Waals surface area contributed by atoms with E-state index in [1.165, 1.54) is 11.8 Å². The molecule has 5 heteroatoms. The van der Waals surface area contributed by atoms with Gasteiger partial charge in [0, 0.05) is 11.3 Å². The molecule has 80 valence electrons. The van der Waals surface area contributed by atoms with Gasteiger partial charge in [0.1, 0.15) is 5.37 Å². The van der Waals surface area contributed by atoms with Crippen molar-refractivity contribution in [2.75, 3.05) is 19.3 Å². The van der Waals surface area contributed by atoms with Crippen molar-refractivity contribution in [1.82, 2.24) is 10.2 Å². The number of hydrogen-bond donors (Lipinski definition) is 1. The lowest BCUT2D eigenvalue weighted by atomic mass is 10.1. The molecule has 0 aromatic carbocycles. The molecule has 1 atom stereocenters. The van der Waals surface area contributed by atoms with E-state index in [0.29, 0.717) is 0 Å². The van der Waals surface area contributed by atoms with Gasteiger partial charge in [-0.15, -0.1) is 11.8 Å². The Morgan fingerprint density at radius 2 is 2.36 bits per heavy atom. The molecule has 0 aromatic heterocycles. The molecule has 0 aromatic rings. The number of carbonyl (C=O) groups excluding carboxylic acids is 2. The number of rotatable bonds is 3. The SMILES string of the molecule is CNCC(=O)N1C(C=O)SCC1(C)C. The number of carbonyl (C=O) groups is 2. The van der Waals surface area contributed by atoms with Gasteiger partial charge in [-0.05, 0) is 20.9 Å². The van der Waals surface area contributed by atoms with Gasteiger partial charge in [-0.25, -0.2) is 0 Å². The van der Waals surface area contributed by atoms with Crippen LogP contribution in [0.4, 0.5) is 0 Å². The van der Waals surface area contributed by atoms with Gasteiger partial charge in [0.25, 0.3) is 0 Å². The van der Waals surface area contributed by atoms with Crippen LogP contribution in [-0.2, 0) is 9.59 Å². The lowest BCUT2D eigenvalue weighted by Crippen LogP contribution is -2.51. The first-order valence-corrected chi connectivity index (χ1v) is 5.61. The molecule has 1 aliphatic heterocycles. The summed E-state index contributed by atoms with van der Waals surface area (Å²) in [4.78, 5) is 24.2. The van der Waals surface area contributed by atoms with Crippen LogP contribution in [0.15, 0.2) is 0 Å². The van der Waals surface area contributed by atoms with Crippen molar-refractivity contribution in [1.29, 1.82) is 0 Å². The van der Waals surface area contributed by atoms with E-state index in [4.69, 9.17) is 0 Å². The molecule has 1 amide bonds. The number of aldehydes is 1. The van der Waals surface area contributed by atoms with Crippen molar-refractivity contribution >= 4 is 24.0 Å². The Bertz CT molecular complexity index is 243. The van der Waals surface area contributed by atoms with Crippen molar-refractivity contribution in [3.8, 4) is 0 Å². The quantitative estimate of drug-likeness (QED) is 0.679. The number of amides is 1. The highest BCUT2D eigenvalue weighted by atomic mass is 32.2. The Morgan fingerprint density at radius 3 is 2.86 bits per heavy atom. The molecular weight excluding hydrogens is 200 g/mol. The second-order valence-corrected chi connectivity index (χ2v) is 5.05. The van der Waals surface area contributed by atoms with Gasteiger partial charge in [-0.3, -0.25) is 4.79 Å². The standard InChI is InChI=1S/C9H16N2O2S/c1-9(2)6-14-8(5-12)11(9)7(13)4-10-3/h5,8,10H,4,6H2,1-3H3. The van der Waals surface area contributed by atoms with Crippen LogP contribution in [0.5, 0.6) is 0 Å². The predicted molar refractivity (Wildman–Crippen MR) is 57.2 cm³/mol. The smallest absolute Gasteiger partial charge is 0.238 e. The monoisotopic (exact) mass is 216 g/mol. The van der Waals surface area contributed by atoms with E-state index in [2.05, 4.69) is 5.32 Å². The Balaban J connectivity index is 2.79. The van der Waals surface area contributed by atoms with Gasteiger partial charge in [0.15, 0.2) is 6.29 Å². The summed E-state index contributed by atoms with van der Waals surface area (Å²) >= 11 is 1.52. The van der Waals surface area contributed by atoms with E-state index in [1.54, 1.807) is 11.9 Å². The topological polar surface area (TPSA) is 49.4 Å². The van der Waals surface area contributed by atoms with Crippen molar-refractivity contribution in [2.45, 2.75) is 24.8 Å². The first-order valence-electron chi connectivity index (χ1n) is 4.56. The maximum Gasteiger partial charge on any atom is 0.238 e. The highest BCUT2D eigenvalue weighted by Crippen LogP contribution is 2.35.